The molecule has 0 spiro atoms. The molecule has 0 aromatic rings. The molecule has 1 nitrogen and oxygen atoms in total. The topological polar surface area (TPSA) is 20.2 Å². The summed E-state index contributed by atoms with van der Waals surface area (Å²) in [7, 11) is -1.12. The highest BCUT2D eigenvalue weighted by atomic mass is 28.3. The summed E-state index contributed by atoms with van der Waals surface area (Å²) in [6.45, 7) is 14.4. The number of hydrogen-bond donors (Lipinski definition) is 1. The number of allylic oxidation sites excluding steroid dienone is 3. The lowest BCUT2D eigenvalue weighted by Crippen LogP contribution is -2.23. The summed E-state index contributed by atoms with van der Waals surface area (Å²) in [4.78, 5) is 0. The first-order chi connectivity index (χ1) is 9.12. The Balaban J connectivity index is 2.59. The number of rotatable bonds is 4. The molecule has 0 atom stereocenters. The first-order valence-electron chi connectivity index (χ1n) is 8.10. The van der Waals surface area contributed by atoms with Gasteiger partial charge in [-0.05, 0) is 48.6 Å². The van der Waals surface area contributed by atoms with Crippen molar-refractivity contribution in [3.05, 3.63) is 23.3 Å². The highest BCUT2D eigenvalue weighted by molar-refractivity contribution is 6.76. The number of aliphatic hydroxyl groups is 1. The summed E-state index contributed by atoms with van der Waals surface area (Å²) in [6.07, 6.45) is 9.63. The second-order valence-electron chi connectivity index (χ2n) is 8.69. The van der Waals surface area contributed by atoms with Crippen LogP contribution in [0.25, 0.3) is 0 Å². The molecule has 0 aromatic carbocycles. The Hall–Kier alpha value is -0.343. The van der Waals surface area contributed by atoms with Crippen LogP contribution in [-0.4, -0.2) is 19.8 Å². The van der Waals surface area contributed by atoms with Crippen LogP contribution in [0.2, 0.25) is 25.7 Å². The lowest BCUT2D eigenvalue weighted by molar-refractivity contribution is 0.197. The fourth-order valence-electron chi connectivity index (χ4n) is 3.11. The van der Waals surface area contributed by atoms with E-state index in [4.69, 9.17) is 0 Å². The minimum absolute atomic E-state index is 0.221. The van der Waals surface area contributed by atoms with Crippen LogP contribution in [0.1, 0.15) is 46.5 Å². The van der Waals surface area contributed by atoms with Crippen molar-refractivity contribution in [2.24, 2.45) is 11.3 Å². The van der Waals surface area contributed by atoms with Gasteiger partial charge in [-0.2, -0.15) is 0 Å². The van der Waals surface area contributed by atoms with E-state index in [-0.39, 0.29) is 6.61 Å². The molecule has 0 aliphatic heterocycles. The van der Waals surface area contributed by atoms with Gasteiger partial charge in [0.1, 0.15) is 0 Å². The van der Waals surface area contributed by atoms with Crippen molar-refractivity contribution in [2.75, 3.05) is 6.61 Å². The van der Waals surface area contributed by atoms with Crippen molar-refractivity contribution in [1.82, 2.24) is 0 Å². The zero-order valence-corrected chi connectivity index (χ0v) is 15.4. The fraction of sp³-hybridized carbons (Fsp3) is 0.778. The minimum atomic E-state index is -1.12. The zero-order valence-electron chi connectivity index (χ0n) is 14.4. The van der Waals surface area contributed by atoms with Gasteiger partial charge in [-0.15, -0.1) is 0 Å². The van der Waals surface area contributed by atoms with E-state index in [9.17, 15) is 5.11 Å². The highest BCUT2D eigenvalue weighted by Gasteiger charge is 2.27. The van der Waals surface area contributed by atoms with Crippen molar-refractivity contribution in [3.8, 4) is 0 Å². The lowest BCUT2D eigenvalue weighted by Gasteiger charge is -2.34. The van der Waals surface area contributed by atoms with Crippen LogP contribution in [0.3, 0.4) is 0 Å². The van der Waals surface area contributed by atoms with Crippen LogP contribution in [0, 0.1) is 11.3 Å². The van der Waals surface area contributed by atoms with Gasteiger partial charge in [0.25, 0.3) is 0 Å². The first kappa shape index (κ1) is 17.7. The van der Waals surface area contributed by atoms with E-state index in [0.717, 1.165) is 12.0 Å². The maximum absolute atomic E-state index is 9.49. The molecule has 1 rings (SSSR count). The van der Waals surface area contributed by atoms with Gasteiger partial charge in [0, 0.05) is 8.07 Å². The predicted molar refractivity (Wildman–Crippen MR) is 92.8 cm³/mol. The van der Waals surface area contributed by atoms with Crippen LogP contribution in [0.15, 0.2) is 23.3 Å². The molecular weight excluding hydrogens is 260 g/mol. The second kappa shape index (κ2) is 7.08. The minimum Gasteiger partial charge on any atom is -0.392 e. The number of hydrogen-bond acceptors (Lipinski definition) is 1. The molecule has 1 fully saturated rings. The number of aliphatic hydroxyl groups excluding tert-OH is 1. The maximum atomic E-state index is 9.49. The van der Waals surface area contributed by atoms with Gasteiger partial charge in [-0.25, -0.2) is 0 Å². The molecule has 0 bridgehead atoms. The predicted octanol–water partition coefficient (Wildman–Crippen LogP) is 5.41. The standard InChI is InChI=1S/C18H34OSi/c1-18(2,3)17-11-9-15(10-12-17)7-8-16(13-19)14-20(4,5)6/h7-8,17,19H,9-14H2,1-6H3/b15-7?,16-8-. The summed E-state index contributed by atoms with van der Waals surface area (Å²) in [5.41, 5.74) is 3.25. The van der Waals surface area contributed by atoms with Crippen molar-refractivity contribution in [2.45, 2.75) is 72.1 Å². The van der Waals surface area contributed by atoms with Gasteiger partial charge in [0.15, 0.2) is 0 Å². The third-order valence-corrected chi connectivity index (χ3v) is 5.88. The summed E-state index contributed by atoms with van der Waals surface area (Å²) in [5.74, 6) is 0.864. The molecule has 0 amide bonds. The maximum Gasteiger partial charge on any atom is 0.0642 e. The Morgan fingerprint density at radius 3 is 2.15 bits per heavy atom. The first-order valence-corrected chi connectivity index (χ1v) is 11.8. The zero-order chi connectivity index (χ0) is 15.4. The Kier molecular flexibility index (Phi) is 6.27. The van der Waals surface area contributed by atoms with Crippen LogP contribution in [-0.2, 0) is 0 Å². The Bertz CT molecular complexity index is 356. The molecule has 1 N–H and O–H groups in total. The summed E-state index contributed by atoms with van der Waals surface area (Å²) in [6, 6.07) is 1.11. The second-order valence-corrected chi connectivity index (χ2v) is 14.2. The van der Waals surface area contributed by atoms with E-state index in [1.807, 2.05) is 0 Å². The molecule has 0 radical (unpaired) electrons. The van der Waals surface area contributed by atoms with E-state index >= 15 is 0 Å². The van der Waals surface area contributed by atoms with E-state index in [0.29, 0.717) is 5.41 Å². The monoisotopic (exact) mass is 294 g/mol. The van der Waals surface area contributed by atoms with Gasteiger partial charge in [-0.1, -0.05) is 58.1 Å². The normalized spacial score (nSPS) is 22.1. The van der Waals surface area contributed by atoms with E-state index in [1.54, 1.807) is 5.57 Å². The van der Waals surface area contributed by atoms with Gasteiger partial charge in [0.2, 0.25) is 0 Å². The molecule has 1 aliphatic rings. The summed E-state index contributed by atoms with van der Waals surface area (Å²) in [5, 5.41) is 9.49. The van der Waals surface area contributed by atoms with Gasteiger partial charge < -0.3 is 5.11 Å². The molecular formula is C18H34OSi. The molecule has 1 saturated carbocycles. The van der Waals surface area contributed by atoms with E-state index < -0.39 is 8.07 Å². The smallest absolute Gasteiger partial charge is 0.0642 e. The van der Waals surface area contributed by atoms with Crippen molar-refractivity contribution < 1.29 is 5.11 Å². The fourth-order valence-corrected chi connectivity index (χ4v) is 4.70. The average molecular weight is 295 g/mol. The molecule has 0 aromatic heterocycles. The van der Waals surface area contributed by atoms with Crippen LogP contribution < -0.4 is 0 Å². The molecule has 0 unspecified atom stereocenters. The van der Waals surface area contributed by atoms with E-state index in [2.05, 4.69) is 52.6 Å². The molecule has 2 heteroatoms. The molecule has 1 aliphatic carbocycles. The van der Waals surface area contributed by atoms with Crippen LogP contribution in [0.5, 0.6) is 0 Å². The molecule has 0 heterocycles. The van der Waals surface area contributed by atoms with E-state index in [1.165, 1.54) is 31.3 Å². The quantitative estimate of drug-likeness (QED) is 0.688. The summed E-state index contributed by atoms with van der Waals surface area (Å²) < 4.78 is 0. The lowest BCUT2D eigenvalue weighted by atomic mass is 9.71. The Morgan fingerprint density at radius 2 is 1.75 bits per heavy atom. The third-order valence-electron chi connectivity index (χ3n) is 4.37. The van der Waals surface area contributed by atoms with Crippen molar-refractivity contribution >= 4 is 8.07 Å². The van der Waals surface area contributed by atoms with Crippen molar-refractivity contribution in [3.63, 3.8) is 0 Å². The SMILES string of the molecule is CC(C)(C)C1CCC(=C/C=C(/CO)C[Si](C)(C)C)CC1. The largest absolute Gasteiger partial charge is 0.392 e. The van der Waals surface area contributed by atoms with Gasteiger partial charge in [0.05, 0.1) is 6.61 Å². The Labute approximate surface area is 127 Å². The van der Waals surface area contributed by atoms with Gasteiger partial charge >= 0.3 is 0 Å². The van der Waals surface area contributed by atoms with Crippen molar-refractivity contribution in [1.29, 1.82) is 0 Å². The Morgan fingerprint density at radius 1 is 1.20 bits per heavy atom. The van der Waals surface area contributed by atoms with Gasteiger partial charge in [-0.3, -0.25) is 0 Å². The third kappa shape index (κ3) is 6.40. The molecule has 116 valence electrons. The van der Waals surface area contributed by atoms with Crippen LogP contribution >= 0.6 is 0 Å². The summed E-state index contributed by atoms with van der Waals surface area (Å²) >= 11 is 0. The average Bonchev–Trinajstić information content (AvgIpc) is 2.32. The molecule has 20 heavy (non-hydrogen) atoms. The highest BCUT2D eigenvalue weighted by Crippen LogP contribution is 2.39. The molecule has 0 saturated heterocycles. The van der Waals surface area contributed by atoms with Crippen LogP contribution in [0.4, 0.5) is 0 Å².